The number of benzene rings is 2. The van der Waals surface area contributed by atoms with Gasteiger partial charge in [-0.2, -0.15) is 5.10 Å². The van der Waals surface area contributed by atoms with Gasteiger partial charge in [-0.1, -0.05) is 60.3 Å². The highest BCUT2D eigenvalue weighted by atomic mass is 32.2. The first-order valence-electron chi connectivity index (χ1n) is 11.7. The van der Waals surface area contributed by atoms with Crippen LogP contribution in [0.2, 0.25) is 0 Å². The van der Waals surface area contributed by atoms with Gasteiger partial charge in [-0.15, -0.1) is 21.5 Å². The Morgan fingerprint density at radius 1 is 1.05 bits per heavy atom. The van der Waals surface area contributed by atoms with Gasteiger partial charge in [0.05, 0.1) is 30.5 Å². The molecule has 0 saturated carbocycles. The molecule has 200 valence electrons. The number of rotatable bonds is 13. The molecule has 12 nitrogen and oxygen atoms in total. The first-order valence-corrected chi connectivity index (χ1v) is 13.5. The molecule has 4 aromatic rings. The summed E-state index contributed by atoms with van der Waals surface area (Å²) in [4.78, 5) is 40.4. The Kier molecular flexibility index (Phi) is 9.74. The third-order valence-electron chi connectivity index (χ3n) is 4.99. The molecular formula is C25H24N8O4S2. The van der Waals surface area contributed by atoms with Crippen molar-refractivity contribution < 1.29 is 19.5 Å². The number of carbonyl (C=O) groups excluding carboxylic acids is 2. The van der Waals surface area contributed by atoms with Gasteiger partial charge in [-0.25, -0.2) is 15.1 Å². The van der Waals surface area contributed by atoms with E-state index in [0.29, 0.717) is 27.4 Å². The molecule has 0 spiro atoms. The summed E-state index contributed by atoms with van der Waals surface area (Å²) >= 11 is 2.42. The second-order valence-corrected chi connectivity index (χ2v) is 9.73. The van der Waals surface area contributed by atoms with Crippen LogP contribution in [0.25, 0.3) is 0 Å². The molecule has 0 atom stereocenters. The SMILES string of the molecule is O=C(O)CCNc1nc(Cc2nnc(SCC(=O)N/N=C\c3ccccc3)n2NC(=O)c2ccccc2)cs1. The number of anilines is 1. The first-order chi connectivity index (χ1) is 19.0. The summed E-state index contributed by atoms with van der Waals surface area (Å²) < 4.78 is 1.44. The molecule has 4 N–H and O–H groups in total. The lowest BCUT2D eigenvalue weighted by molar-refractivity contribution is -0.136. The fraction of sp³-hybridized carbons (Fsp3) is 0.160. The second kappa shape index (κ2) is 13.8. The lowest BCUT2D eigenvalue weighted by Gasteiger charge is -2.11. The largest absolute Gasteiger partial charge is 0.481 e. The van der Waals surface area contributed by atoms with Crippen LogP contribution in [0.15, 0.2) is 76.3 Å². The maximum absolute atomic E-state index is 12.9. The Labute approximate surface area is 231 Å². The molecular weight excluding hydrogens is 540 g/mol. The lowest BCUT2D eigenvalue weighted by atomic mass is 10.2. The van der Waals surface area contributed by atoms with Gasteiger partial charge in [0.1, 0.15) is 0 Å². The molecule has 0 radical (unpaired) electrons. The van der Waals surface area contributed by atoms with Crippen molar-refractivity contribution in [2.24, 2.45) is 5.10 Å². The monoisotopic (exact) mass is 564 g/mol. The number of nitrogens with one attached hydrogen (secondary N) is 3. The van der Waals surface area contributed by atoms with E-state index in [1.807, 2.05) is 41.8 Å². The van der Waals surface area contributed by atoms with E-state index >= 15 is 0 Å². The minimum Gasteiger partial charge on any atom is -0.481 e. The Morgan fingerprint density at radius 2 is 1.79 bits per heavy atom. The van der Waals surface area contributed by atoms with E-state index in [2.05, 4.69) is 36.5 Å². The van der Waals surface area contributed by atoms with Crippen molar-refractivity contribution >= 4 is 52.2 Å². The van der Waals surface area contributed by atoms with Crippen LogP contribution in [0.4, 0.5) is 5.13 Å². The standard InChI is InChI=1S/C25H24N8O4S2/c34-21(30-27-14-17-7-3-1-4-8-17)16-39-25-31-29-20(33(25)32-23(37)18-9-5-2-6-10-18)13-19-15-38-24(28-19)26-12-11-22(35)36/h1-10,14-15H,11-13,16H2,(H,26,28)(H,30,34)(H,32,37)(H,35,36)/b27-14-. The van der Waals surface area contributed by atoms with Crippen LogP contribution < -0.4 is 16.2 Å². The highest BCUT2D eigenvalue weighted by molar-refractivity contribution is 7.99. The third kappa shape index (κ3) is 8.48. The Bertz CT molecular complexity index is 1440. The number of carboxylic acid groups (broad SMARTS) is 1. The molecule has 14 heteroatoms. The van der Waals surface area contributed by atoms with Crippen molar-refractivity contribution in [3.8, 4) is 0 Å². The number of aromatic nitrogens is 4. The summed E-state index contributed by atoms with van der Waals surface area (Å²) in [5.74, 6) is -1.23. The van der Waals surface area contributed by atoms with Crippen LogP contribution in [0.5, 0.6) is 0 Å². The molecule has 0 aliphatic heterocycles. The van der Waals surface area contributed by atoms with Crippen molar-refractivity contribution in [2.75, 3.05) is 23.0 Å². The predicted molar refractivity (Wildman–Crippen MR) is 149 cm³/mol. The van der Waals surface area contributed by atoms with E-state index < -0.39 is 5.97 Å². The van der Waals surface area contributed by atoms with Crippen molar-refractivity contribution in [3.63, 3.8) is 0 Å². The normalized spacial score (nSPS) is 10.9. The predicted octanol–water partition coefficient (Wildman–Crippen LogP) is 2.84. The van der Waals surface area contributed by atoms with Crippen molar-refractivity contribution in [2.45, 2.75) is 18.0 Å². The summed E-state index contributed by atoms with van der Waals surface area (Å²) in [6.07, 6.45) is 1.76. The average Bonchev–Trinajstić information content (AvgIpc) is 3.55. The number of thioether (sulfide) groups is 1. The topological polar surface area (TPSA) is 163 Å². The van der Waals surface area contributed by atoms with Gasteiger partial charge < -0.3 is 10.4 Å². The zero-order chi connectivity index (χ0) is 27.5. The maximum Gasteiger partial charge on any atom is 0.305 e. The van der Waals surface area contributed by atoms with Gasteiger partial charge in [0.15, 0.2) is 11.0 Å². The maximum atomic E-state index is 12.9. The van der Waals surface area contributed by atoms with Crippen molar-refractivity contribution in [3.05, 3.63) is 88.7 Å². The van der Waals surface area contributed by atoms with E-state index in [1.165, 1.54) is 16.0 Å². The van der Waals surface area contributed by atoms with Crippen molar-refractivity contribution in [1.82, 2.24) is 25.3 Å². The molecule has 0 bridgehead atoms. The zero-order valence-corrected chi connectivity index (χ0v) is 22.1. The van der Waals surface area contributed by atoms with E-state index in [-0.39, 0.29) is 37.0 Å². The van der Waals surface area contributed by atoms with Crippen LogP contribution in [0.3, 0.4) is 0 Å². The van der Waals surface area contributed by atoms with Gasteiger partial charge >= 0.3 is 5.97 Å². The third-order valence-corrected chi connectivity index (χ3v) is 6.77. The highest BCUT2D eigenvalue weighted by Gasteiger charge is 2.18. The summed E-state index contributed by atoms with van der Waals surface area (Å²) in [6, 6.07) is 18.0. The molecule has 0 fully saturated rings. The Balaban J connectivity index is 1.44. The van der Waals surface area contributed by atoms with Gasteiger partial charge in [-0.3, -0.25) is 19.8 Å². The number of hydrogen-bond acceptors (Lipinski definition) is 10. The van der Waals surface area contributed by atoms with Crippen LogP contribution >= 0.6 is 23.1 Å². The van der Waals surface area contributed by atoms with Gasteiger partial charge in [0, 0.05) is 17.5 Å². The van der Waals surface area contributed by atoms with Gasteiger partial charge in [-0.05, 0) is 17.7 Å². The first kappa shape index (κ1) is 27.5. The number of amides is 2. The summed E-state index contributed by atoms with van der Waals surface area (Å²) in [6.45, 7) is 0.254. The van der Waals surface area contributed by atoms with Gasteiger partial charge in [0.25, 0.3) is 11.8 Å². The van der Waals surface area contributed by atoms with Crippen LogP contribution in [-0.2, 0) is 16.0 Å². The van der Waals surface area contributed by atoms with Crippen molar-refractivity contribution in [1.29, 1.82) is 0 Å². The molecule has 0 saturated heterocycles. The molecule has 0 aliphatic rings. The highest BCUT2D eigenvalue weighted by Crippen LogP contribution is 2.21. The smallest absolute Gasteiger partial charge is 0.305 e. The lowest BCUT2D eigenvalue weighted by Crippen LogP contribution is -2.26. The second-order valence-electron chi connectivity index (χ2n) is 7.92. The fourth-order valence-electron chi connectivity index (χ4n) is 3.16. The molecule has 2 amide bonds. The number of aliphatic carboxylic acids is 1. The zero-order valence-electron chi connectivity index (χ0n) is 20.5. The van der Waals surface area contributed by atoms with E-state index in [4.69, 9.17) is 5.11 Å². The molecule has 39 heavy (non-hydrogen) atoms. The summed E-state index contributed by atoms with van der Waals surface area (Å²) in [5.41, 5.74) is 7.23. The average molecular weight is 565 g/mol. The molecule has 2 aromatic heterocycles. The molecule has 0 unspecified atom stereocenters. The molecule has 2 heterocycles. The van der Waals surface area contributed by atoms with E-state index in [1.54, 1.807) is 30.5 Å². The minimum atomic E-state index is -0.900. The number of thiazole rings is 1. The minimum absolute atomic E-state index is 0.0141. The number of nitrogens with zero attached hydrogens (tertiary/aromatic N) is 5. The summed E-state index contributed by atoms with van der Waals surface area (Å²) in [5, 5.41) is 26.8. The Morgan fingerprint density at radius 3 is 2.54 bits per heavy atom. The number of carbonyl (C=O) groups is 3. The summed E-state index contributed by atoms with van der Waals surface area (Å²) in [7, 11) is 0. The van der Waals surface area contributed by atoms with E-state index in [9.17, 15) is 14.4 Å². The molecule has 2 aromatic carbocycles. The molecule has 0 aliphatic carbocycles. The quantitative estimate of drug-likeness (QED) is 0.109. The number of hydrogen-bond donors (Lipinski definition) is 4. The molecule has 4 rings (SSSR count). The van der Waals surface area contributed by atoms with Gasteiger partial charge in [0.2, 0.25) is 5.16 Å². The number of hydrazone groups is 1. The fourth-order valence-corrected chi connectivity index (χ4v) is 4.61. The Hall–Kier alpha value is -4.56. The van der Waals surface area contributed by atoms with E-state index in [0.717, 1.165) is 17.3 Å². The van der Waals surface area contributed by atoms with Crippen LogP contribution in [-0.4, -0.2) is 61.3 Å². The number of carboxylic acids is 1. The van der Waals surface area contributed by atoms with Crippen LogP contribution in [0, 0.1) is 0 Å². The van der Waals surface area contributed by atoms with Crippen LogP contribution in [0.1, 0.15) is 33.9 Å².